The van der Waals surface area contributed by atoms with Crippen LogP contribution in [0.3, 0.4) is 0 Å². The number of hydrogen-bond donors (Lipinski definition) is 0. The number of ether oxygens (including phenoxy) is 2. The SMILES string of the molecule is O=C(OC[C@H]1CCCCO1)[C@@H]1CC(=O)N(CC2CC2)C1. The largest absolute Gasteiger partial charge is 0.463 e. The predicted molar refractivity (Wildman–Crippen MR) is 72.0 cm³/mol. The number of carbonyl (C=O) groups is 2. The molecule has 112 valence electrons. The zero-order valence-electron chi connectivity index (χ0n) is 11.9. The molecule has 0 aromatic rings. The van der Waals surface area contributed by atoms with Crippen LogP contribution in [0.2, 0.25) is 0 Å². The molecule has 1 amide bonds. The number of likely N-dealkylation sites (tertiary alicyclic amines) is 1. The molecule has 0 bridgehead atoms. The van der Waals surface area contributed by atoms with Crippen molar-refractivity contribution in [1.29, 1.82) is 0 Å². The molecule has 2 aliphatic heterocycles. The molecular formula is C15H23NO4. The van der Waals surface area contributed by atoms with E-state index in [0.29, 0.717) is 25.5 Å². The van der Waals surface area contributed by atoms with Crippen molar-refractivity contribution in [2.45, 2.75) is 44.6 Å². The van der Waals surface area contributed by atoms with Crippen molar-refractivity contribution < 1.29 is 19.1 Å². The summed E-state index contributed by atoms with van der Waals surface area (Å²) in [5.74, 6) is 0.271. The van der Waals surface area contributed by atoms with E-state index in [4.69, 9.17) is 9.47 Å². The topological polar surface area (TPSA) is 55.8 Å². The van der Waals surface area contributed by atoms with Crippen molar-refractivity contribution in [1.82, 2.24) is 4.90 Å². The smallest absolute Gasteiger partial charge is 0.311 e. The fraction of sp³-hybridized carbons (Fsp3) is 0.867. The van der Waals surface area contributed by atoms with E-state index in [9.17, 15) is 9.59 Å². The van der Waals surface area contributed by atoms with Crippen LogP contribution < -0.4 is 0 Å². The van der Waals surface area contributed by atoms with E-state index in [0.717, 1.165) is 32.4 Å². The molecule has 0 aromatic carbocycles. The van der Waals surface area contributed by atoms with Gasteiger partial charge in [0.15, 0.2) is 0 Å². The second kappa shape index (κ2) is 6.12. The molecule has 3 aliphatic rings. The Morgan fingerprint density at radius 3 is 2.85 bits per heavy atom. The van der Waals surface area contributed by atoms with Crippen molar-refractivity contribution in [3.63, 3.8) is 0 Å². The maximum Gasteiger partial charge on any atom is 0.311 e. The molecule has 0 aromatic heterocycles. The Labute approximate surface area is 119 Å². The monoisotopic (exact) mass is 281 g/mol. The van der Waals surface area contributed by atoms with E-state index in [1.165, 1.54) is 12.8 Å². The van der Waals surface area contributed by atoms with Gasteiger partial charge in [0.1, 0.15) is 6.61 Å². The summed E-state index contributed by atoms with van der Waals surface area (Å²) >= 11 is 0. The molecule has 5 heteroatoms. The molecule has 0 spiro atoms. The minimum Gasteiger partial charge on any atom is -0.463 e. The lowest BCUT2D eigenvalue weighted by Gasteiger charge is -2.22. The second-order valence-corrected chi connectivity index (χ2v) is 6.26. The van der Waals surface area contributed by atoms with Crippen LogP contribution in [0, 0.1) is 11.8 Å². The molecule has 2 atom stereocenters. The Morgan fingerprint density at radius 2 is 2.15 bits per heavy atom. The summed E-state index contributed by atoms with van der Waals surface area (Å²) in [6.07, 6.45) is 6.00. The predicted octanol–water partition coefficient (Wildman–Crippen LogP) is 1.36. The first kappa shape index (κ1) is 13.9. The van der Waals surface area contributed by atoms with E-state index in [-0.39, 0.29) is 23.9 Å². The van der Waals surface area contributed by atoms with Crippen molar-refractivity contribution in [3.8, 4) is 0 Å². The summed E-state index contributed by atoms with van der Waals surface area (Å²) in [5.41, 5.74) is 0. The van der Waals surface area contributed by atoms with Crippen LogP contribution in [0.4, 0.5) is 0 Å². The highest BCUT2D eigenvalue weighted by molar-refractivity contribution is 5.86. The number of hydrogen-bond acceptors (Lipinski definition) is 4. The highest BCUT2D eigenvalue weighted by Gasteiger charge is 2.38. The molecule has 1 aliphatic carbocycles. The Bertz CT molecular complexity index is 374. The summed E-state index contributed by atoms with van der Waals surface area (Å²) in [6.45, 7) is 2.47. The van der Waals surface area contributed by atoms with Crippen molar-refractivity contribution in [2.75, 3.05) is 26.3 Å². The number of carbonyl (C=O) groups excluding carboxylic acids is 2. The number of amides is 1. The third kappa shape index (κ3) is 3.51. The Balaban J connectivity index is 1.41. The van der Waals surface area contributed by atoms with Gasteiger partial charge in [-0.25, -0.2) is 0 Å². The average molecular weight is 281 g/mol. The van der Waals surface area contributed by atoms with E-state index >= 15 is 0 Å². The molecule has 5 nitrogen and oxygen atoms in total. The van der Waals surface area contributed by atoms with E-state index in [1.54, 1.807) is 0 Å². The number of nitrogens with zero attached hydrogens (tertiary/aromatic N) is 1. The maximum atomic E-state index is 12.0. The summed E-state index contributed by atoms with van der Waals surface area (Å²) in [7, 11) is 0. The second-order valence-electron chi connectivity index (χ2n) is 6.26. The molecular weight excluding hydrogens is 258 g/mol. The van der Waals surface area contributed by atoms with Gasteiger partial charge in [0.05, 0.1) is 12.0 Å². The molecule has 20 heavy (non-hydrogen) atoms. The number of rotatable bonds is 5. The summed E-state index contributed by atoms with van der Waals surface area (Å²) < 4.78 is 10.9. The number of esters is 1. The Hall–Kier alpha value is -1.10. The Kier molecular flexibility index (Phi) is 4.24. The minimum absolute atomic E-state index is 0.0485. The summed E-state index contributed by atoms with van der Waals surface area (Å²) in [5, 5.41) is 0. The van der Waals surface area contributed by atoms with Gasteiger partial charge in [-0.3, -0.25) is 9.59 Å². The van der Waals surface area contributed by atoms with E-state index in [1.807, 2.05) is 4.90 Å². The Morgan fingerprint density at radius 1 is 1.30 bits per heavy atom. The van der Waals surface area contributed by atoms with Crippen LogP contribution in [0.25, 0.3) is 0 Å². The molecule has 1 saturated carbocycles. The normalized spacial score (nSPS) is 30.6. The lowest BCUT2D eigenvalue weighted by molar-refractivity contribution is -0.153. The van der Waals surface area contributed by atoms with Crippen LogP contribution in [0.1, 0.15) is 38.5 Å². The summed E-state index contributed by atoms with van der Waals surface area (Å²) in [4.78, 5) is 25.7. The zero-order chi connectivity index (χ0) is 13.9. The average Bonchev–Trinajstić information content (AvgIpc) is 3.21. The van der Waals surface area contributed by atoms with Crippen molar-refractivity contribution >= 4 is 11.9 Å². The van der Waals surface area contributed by atoms with Crippen LogP contribution in [0.15, 0.2) is 0 Å². The van der Waals surface area contributed by atoms with E-state index in [2.05, 4.69) is 0 Å². The lowest BCUT2D eigenvalue weighted by atomic mass is 10.1. The molecule has 2 saturated heterocycles. The third-order valence-electron chi connectivity index (χ3n) is 4.41. The molecule has 2 heterocycles. The van der Waals surface area contributed by atoms with E-state index < -0.39 is 0 Å². The van der Waals surface area contributed by atoms with Crippen LogP contribution in [0.5, 0.6) is 0 Å². The van der Waals surface area contributed by atoms with Crippen LogP contribution >= 0.6 is 0 Å². The fourth-order valence-corrected chi connectivity index (χ4v) is 2.95. The van der Waals surface area contributed by atoms with Crippen LogP contribution in [-0.2, 0) is 19.1 Å². The third-order valence-corrected chi connectivity index (χ3v) is 4.41. The van der Waals surface area contributed by atoms with Crippen molar-refractivity contribution in [3.05, 3.63) is 0 Å². The zero-order valence-corrected chi connectivity index (χ0v) is 11.9. The van der Waals surface area contributed by atoms with Gasteiger partial charge in [-0.2, -0.15) is 0 Å². The van der Waals surface area contributed by atoms with Gasteiger partial charge in [0.25, 0.3) is 0 Å². The quantitative estimate of drug-likeness (QED) is 0.714. The van der Waals surface area contributed by atoms with Gasteiger partial charge in [0.2, 0.25) is 5.91 Å². The van der Waals surface area contributed by atoms with Gasteiger partial charge >= 0.3 is 5.97 Å². The standard InChI is InChI=1S/C15H23NO4/c17-14-7-12(9-16(14)8-11-4-5-11)15(18)20-10-13-3-1-2-6-19-13/h11-13H,1-10H2/t12-,13-/m1/s1. The van der Waals surface area contributed by atoms with Crippen molar-refractivity contribution in [2.24, 2.45) is 11.8 Å². The first-order valence-electron chi connectivity index (χ1n) is 7.78. The minimum atomic E-state index is -0.273. The molecule has 0 N–H and O–H groups in total. The first-order valence-corrected chi connectivity index (χ1v) is 7.78. The molecule has 0 radical (unpaired) electrons. The van der Waals surface area contributed by atoms with Gasteiger partial charge < -0.3 is 14.4 Å². The fourth-order valence-electron chi connectivity index (χ4n) is 2.95. The highest BCUT2D eigenvalue weighted by atomic mass is 16.6. The summed E-state index contributed by atoms with van der Waals surface area (Å²) in [6, 6.07) is 0. The maximum absolute atomic E-state index is 12.0. The van der Waals surface area contributed by atoms with Gasteiger partial charge in [-0.05, 0) is 38.0 Å². The first-order chi connectivity index (χ1) is 9.72. The molecule has 3 rings (SSSR count). The van der Waals surface area contributed by atoms with Gasteiger partial charge in [-0.15, -0.1) is 0 Å². The molecule has 3 fully saturated rings. The van der Waals surface area contributed by atoms with Gasteiger partial charge in [0, 0.05) is 26.1 Å². The molecule has 0 unspecified atom stereocenters. The van der Waals surface area contributed by atoms with Gasteiger partial charge in [-0.1, -0.05) is 0 Å². The lowest BCUT2D eigenvalue weighted by Crippen LogP contribution is -2.30. The highest BCUT2D eigenvalue weighted by Crippen LogP contribution is 2.32. The van der Waals surface area contributed by atoms with Crippen LogP contribution in [-0.4, -0.2) is 49.2 Å².